The van der Waals surface area contributed by atoms with Crippen LogP contribution in [0.3, 0.4) is 0 Å². The van der Waals surface area contributed by atoms with Gasteiger partial charge in [0, 0.05) is 35.8 Å². The number of halogens is 1. The summed E-state index contributed by atoms with van der Waals surface area (Å²) >= 11 is 0. The second-order valence-electron chi connectivity index (χ2n) is 7.12. The van der Waals surface area contributed by atoms with E-state index in [1.807, 2.05) is 24.4 Å². The average molecular weight is 365 g/mol. The summed E-state index contributed by atoms with van der Waals surface area (Å²) in [6, 6.07) is 14.8. The van der Waals surface area contributed by atoms with Crippen LogP contribution in [0, 0.1) is 5.82 Å². The molecule has 1 atom stereocenters. The van der Waals surface area contributed by atoms with Gasteiger partial charge >= 0.3 is 0 Å². The van der Waals surface area contributed by atoms with Crippen LogP contribution in [0.1, 0.15) is 24.0 Å². The van der Waals surface area contributed by atoms with Crippen LogP contribution >= 0.6 is 0 Å². The lowest BCUT2D eigenvalue weighted by Gasteiger charge is -2.24. The highest BCUT2D eigenvalue weighted by Crippen LogP contribution is 2.22. The molecule has 1 aromatic heterocycles. The Bertz CT molecular complexity index is 936. The van der Waals surface area contributed by atoms with Crippen LogP contribution in [0.5, 0.6) is 0 Å². The van der Waals surface area contributed by atoms with Gasteiger partial charge in [-0.2, -0.15) is 0 Å². The molecule has 1 saturated heterocycles. The molecule has 1 fully saturated rings. The minimum Gasteiger partial charge on any atom is -0.361 e. The Balaban J connectivity index is 1.34. The molecule has 1 aliphatic rings. The number of aromatic amines is 1. The van der Waals surface area contributed by atoms with Crippen molar-refractivity contribution in [1.29, 1.82) is 0 Å². The van der Waals surface area contributed by atoms with E-state index in [2.05, 4.69) is 27.3 Å². The average Bonchev–Trinajstić information content (AvgIpc) is 3.31. The van der Waals surface area contributed by atoms with E-state index in [1.165, 1.54) is 17.0 Å². The van der Waals surface area contributed by atoms with Gasteiger partial charge in [-0.15, -0.1) is 0 Å². The lowest BCUT2D eigenvalue weighted by molar-refractivity contribution is -0.125. The van der Waals surface area contributed by atoms with E-state index in [0.29, 0.717) is 18.7 Å². The Morgan fingerprint density at radius 1 is 1.15 bits per heavy atom. The van der Waals surface area contributed by atoms with E-state index < -0.39 is 0 Å². The number of nitrogens with one attached hydrogen (secondary N) is 2. The molecular formula is C22H24FN3O. The van der Waals surface area contributed by atoms with E-state index in [1.54, 1.807) is 12.1 Å². The van der Waals surface area contributed by atoms with Crippen molar-refractivity contribution >= 4 is 16.8 Å². The summed E-state index contributed by atoms with van der Waals surface area (Å²) in [5.41, 5.74) is 2.97. The van der Waals surface area contributed by atoms with Gasteiger partial charge in [-0.3, -0.25) is 9.69 Å². The van der Waals surface area contributed by atoms with Gasteiger partial charge in [-0.05, 0) is 43.5 Å². The molecule has 0 bridgehead atoms. The highest BCUT2D eigenvalue weighted by atomic mass is 19.1. The molecule has 0 radical (unpaired) electrons. The molecule has 2 heterocycles. The lowest BCUT2D eigenvalue weighted by atomic mass is 10.1. The van der Waals surface area contributed by atoms with Crippen molar-refractivity contribution in [3.05, 3.63) is 71.7 Å². The molecule has 0 saturated carbocycles. The summed E-state index contributed by atoms with van der Waals surface area (Å²) in [6.45, 7) is 1.91. The van der Waals surface area contributed by atoms with Crippen molar-refractivity contribution in [2.45, 2.75) is 31.8 Å². The fraction of sp³-hybridized carbons (Fsp3) is 0.318. The van der Waals surface area contributed by atoms with Crippen molar-refractivity contribution in [3.8, 4) is 0 Å². The maximum atomic E-state index is 13.9. The summed E-state index contributed by atoms with van der Waals surface area (Å²) in [6.07, 6.45) is 4.59. The zero-order valence-electron chi connectivity index (χ0n) is 15.2. The number of nitrogens with zero attached hydrogens (tertiary/aromatic N) is 1. The maximum absolute atomic E-state index is 13.9. The first-order valence-electron chi connectivity index (χ1n) is 9.52. The summed E-state index contributed by atoms with van der Waals surface area (Å²) in [5, 5.41) is 4.27. The van der Waals surface area contributed by atoms with Crippen molar-refractivity contribution in [1.82, 2.24) is 15.2 Å². The first kappa shape index (κ1) is 17.7. The molecule has 3 aromatic rings. The second kappa shape index (κ2) is 7.92. The Hall–Kier alpha value is -2.66. The van der Waals surface area contributed by atoms with Crippen LogP contribution in [0.15, 0.2) is 54.7 Å². The fourth-order valence-electron chi connectivity index (χ4n) is 3.93. The van der Waals surface area contributed by atoms with Crippen molar-refractivity contribution in [2.24, 2.45) is 0 Å². The van der Waals surface area contributed by atoms with Crippen LogP contribution in [-0.2, 0) is 17.8 Å². The number of rotatable bonds is 6. The van der Waals surface area contributed by atoms with Crippen molar-refractivity contribution in [3.63, 3.8) is 0 Å². The third-order valence-corrected chi connectivity index (χ3v) is 5.37. The number of carbonyl (C=O) groups excluding carboxylic acids is 1. The summed E-state index contributed by atoms with van der Waals surface area (Å²) < 4.78 is 13.9. The molecule has 5 heteroatoms. The zero-order chi connectivity index (χ0) is 18.6. The number of fused-ring (bicyclic) bond motifs is 1. The largest absolute Gasteiger partial charge is 0.361 e. The lowest BCUT2D eigenvalue weighted by Crippen LogP contribution is -2.43. The summed E-state index contributed by atoms with van der Waals surface area (Å²) in [7, 11) is 0. The Morgan fingerprint density at radius 2 is 1.96 bits per heavy atom. The predicted molar refractivity (Wildman–Crippen MR) is 105 cm³/mol. The molecule has 1 aliphatic heterocycles. The van der Waals surface area contributed by atoms with Gasteiger partial charge in [0.15, 0.2) is 0 Å². The van der Waals surface area contributed by atoms with Crippen LogP contribution in [0.4, 0.5) is 4.39 Å². The highest BCUT2D eigenvalue weighted by Gasteiger charge is 2.30. The standard InChI is InChI=1S/C22H24FN3O/c23-19-8-3-1-6-17(19)15-26-13-5-10-21(26)22(27)24-12-11-16-14-25-20-9-4-2-7-18(16)20/h1-4,6-9,14,21,25H,5,10-13,15H2,(H,24,27). The number of likely N-dealkylation sites (tertiary alicyclic amines) is 1. The minimum atomic E-state index is -0.206. The van der Waals surface area contributed by atoms with E-state index in [-0.39, 0.29) is 17.8 Å². The number of amides is 1. The van der Waals surface area contributed by atoms with Crippen LogP contribution in [-0.4, -0.2) is 34.9 Å². The Labute approximate surface area is 158 Å². The van der Waals surface area contributed by atoms with Crippen molar-refractivity contribution < 1.29 is 9.18 Å². The number of benzene rings is 2. The number of hydrogen-bond acceptors (Lipinski definition) is 2. The van der Waals surface area contributed by atoms with Gasteiger partial charge in [0.05, 0.1) is 6.04 Å². The van der Waals surface area contributed by atoms with Gasteiger partial charge in [0.25, 0.3) is 0 Å². The zero-order valence-corrected chi connectivity index (χ0v) is 15.2. The minimum absolute atomic E-state index is 0.0451. The van der Waals surface area contributed by atoms with Gasteiger partial charge in [0.2, 0.25) is 5.91 Å². The Morgan fingerprint density at radius 3 is 2.85 bits per heavy atom. The molecular weight excluding hydrogens is 341 g/mol. The SMILES string of the molecule is O=C(NCCc1c[nH]c2ccccc12)C1CCCN1Cc1ccccc1F. The number of aromatic nitrogens is 1. The molecule has 0 aliphatic carbocycles. The monoisotopic (exact) mass is 365 g/mol. The van der Waals surface area contributed by atoms with E-state index >= 15 is 0 Å². The number of carbonyl (C=O) groups is 1. The first-order chi connectivity index (χ1) is 13.2. The molecule has 4 rings (SSSR count). The summed E-state index contributed by atoms with van der Waals surface area (Å²) in [4.78, 5) is 18.0. The van der Waals surface area contributed by atoms with Gasteiger partial charge < -0.3 is 10.3 Å². The molecule has 1 amide bonds. The second-order valence-corrected chi connectivity index (χ2v) is 7.12. The Kier molecular flexibility index (Phi) is 5.21. The molecule has 2 aromatic carbocycles. The third-order valence-electron chi connectivity index (χ3n) is 5.37. The third kappa shape index (κ3) is 3.88. The number of H-pyrrole nitrogens is 1. The molecule has 1 unspecified atom stereocenters. The topological polar surface area (TPSA) is 48.1 Å². The molecule has 0 spiro atoms. The van der Waals surface area contributed by atoms with Crippen LogP contribution in [0.2, 0.25) is 0 Å². The van der Waals surface area contributed by atoms with Crippen LogP contribution in [0.25, 0.3) is 10.9 Å². The van der Waals surface area contributed by atoms with Crippen molar-refractivity contribution in [2.75, 3.05) is 13.1 Å². The quantitative estimate of drug-likeness (QED) is 0.701. The summed E-state index contributed by atoms with van der Waals surface area (Å²) in [5.74, 6) is -0.161. The molecule has 27 heavy (non-hydrogen) atoms. The molecule has 140 valence electrons. The van der Waals surface area contributed by atoms with E-state index in [9.17, 15) is 9.18 Å². The highest BCUT2D eigenvalue weighted by molar-refractivity contribution is 5.84. The van der Waals surface area contributed by atoms with Gasteiger partial charge in [0.1, 0.15) is 5.82 Å². The molecule has 4 nitrogen and oxygen atoms in total. The predicted octanol–water partition coefficient (Wildman–Crippen LogP) is 3.63. The fourth-order valence-corrected chi connectivity index (χ4v) is 3.93. The first-order valence-corrected chi connectivity index (χ1v) is 9.52. The van der Waals surface area contributed by atoms with Gasteiger partial charge in [-0.1, -0.05) is 36.4 Å². The number of para-hydroxylation sites is 1. The molecule has 2 N–H and O–H groups in total. The van der Waals surface area contributed by atoms with E-state index in [4.69, 9.17) is 0 Å². The van der Waals surface area contributed by atoms with E-state index in [0.717, 1.165) is 31.3 Å². The van der Waals surface area contributed by atoms with Gasteiger partial charge in [-0.25, -0.2) is 4.39 Å². The number of hydrogen-bond donors (Lipinski definition) is 2. The maximum Gasteiger partial charge on any atom is 0.237 e. The normalized spacial score (nSPS) is 17.4. The van der Waals surface area contributed by atoms with Crippen LogP contribution < -0.4 is 5.32 Å². The smallest absolute Gasteiger partial charge is 0.237 e.